The molecule has 1 atom stereocenters. The molecule has 0 spiro atoms. The molecule has 0 heterocycles. The number of sulfonamides is 1. The largest absolute Gasteiger partial charge is 0.496 e. The van der Waals surface area contributed by atoms with Gasteiger partial charge in [0.2, 0.25) is 10.0 Å². The Hall–Kier alpha value is -1.85. The van der Waals surface area contributed by atoms with Gasteiger partial charge in [0, 0.05) is 6.04 Å². The summed E-state index contributed by atoms with van der Waals surface area (Å²) < 4.78 is 34.4. The van der Waals surface area contributed by atoms with Gasteiger partial charge in [0.1, 0.15) is 5.75 Å². The van der Waals surface area contributed by atoms with Gasteiger partial charge < -0.3 is 4.74 Å². The van der Waals surface area contributed by atoms with Crippen molar-refractivity contribution in [2.75, 3.05) is 7.11 Å². The van der Waals surface area contributed by atoms with E-state index in [0.717, 1.165) is 29.5 Å². The van der Waals surface area contributed by atoms with Crippen LogP contribution >= 0.6 is 0 Å². The Kier molecular flexibility index (Phi) is 5.92. The molecule has 0 bridgehead atoms. The number of methoxy groups -OCH3 is 1. The average Bonchev–Trinajstić information content (AvgIpc) is 2.67. The van der Waals surface area contributed by atoms with E-state index in [-0.39, 0.29) is 6.04 Å². The lowest BCUT2D eigenvalue weighted by atomic mass is 9.89. The SMILES string of the molecule is CC[C@H](NS(=O)(=O)c1ccc(OC)c(C)c1C)c1ccc2c(c1)CCCC2. The lowest BCUT2D eigenvalue weighted by Crippen LogP contribution is -2.29. The first-order valence-corrected chi connectivity index (χ1v) is 11.1. The standard InChI is InChI=1S/C22H29NO3S/c1-5-20(19-11-10-17-8-6-7-9-18(17)14-19)23-27(24,25)22-13-12-21(26-4)15(2)16(22)3/h10-14,20,23H,5-9H2,1-4H3/t20-/m0/s1. The van der Waals surface area contributed by atoms with Gasteiger partial charge in [-0.3, -0.25) is 0 Å². The maximum Gasteiger partial charge on any atom is 0.241 e. The molecule has 0 saturated heterocycles. The lowest BCUT2D eigenvalue weighted by molar-refractivity contribution is 0.410. The van der Waals surface area contributed by atoms with Gasteiger partial charge in [0.25, 0.3) is 0 Å². The van der Waals surface area contributed by atoms with Gasteiger partial charge in [-0.25, -0.2) is 13.1 Å². The topological polar surface area (TPSA) is 55.4 Å². The van der Waals surface area contributed by atoms with E-state index in [1.165, 1.54) is 24.0 Å². The molecular formula is C22H29NO3S. The van der Waals surface area contributed by atoms with Crippen LogP contribution in [0.3, 0.4) is 0 Å². The van der Waals surface area contributed by atoms with Crippen LogP contribution in [0.25, 0.3) is 0 Å². The summed E-state index contributed by atoms with van der Waals surface area (Å²) in [6.07, 6.45) is 5.37. The molecule has 5 heteroatoms. The molecule has 1 aliphatic carbocycles. The van der Waals surface area contributed by atoms with Crippen molar-refractivity contribution < 1.29 is 13.2 Å². The predicted octanol–water partition coefficient (Wildman–Crippen LogP) is 4.62. The normalized spacial score (nSPS) is 15.3. The third kappa shape index (κ3) is 4.04. The molecule has 0 aliphatic heterocycles. The maximum absolute atomic E-state index is 13.1. The fraction of sp³-hybridized carbons (Fsp3) is 0.455. The highest BCUT2D eigenvalue weighted by atomic mass is 32.2. The first-order valence-electron chi connectivity index (χ1n) is 9.65. The molecular weight excluding hydrogens is 358 g/mol. The number of nitrogens with one attached hydrogen (secondary N) is 1. The number of hydrogen-bond acceptors (Lipinski definition) is 3. The van der Waals surface area contributed by atoms with E-state index in [2.05, 4.69) is 22.9 Å². The molecule has 0 aromatic heterocycles. The summed E-state index contributed by atoms with van der Waals surface area (Å²) in [6.45, 7) is 5.72. The molecule has 1 aliphatic rings. The average molecular weight is 388 g/mol. The Labute approximate surface area is 163 Å². The highest BCUT2D eigenvalue weighted by molar-refractivity contribution is 7.89. The summed E-state index contributed by atoms with van der Waals surface area (Å²) in [6, 6.07) is 9.55. The minimum Gasteiger partial charge on any atom is -0.496 e. The van der Waals surface area contributed by atoms with Crippen molar-refractivity contribution in [2.45, 2.75) is 63.8 Å². The van der Waals surface area contributed by atoms with Crippen molar-refractivity contribution in [2.24, 2.45) is 0 Å². The summed E-state index contributed by atoms with van der Waals surface area (Å²) in [5, 5.41) is 0. The van der Waals surface area contributed by atoms with Gasteiger partial charge in [-0.05, 0) is 85.9 Å². The van der Waals surface area contributed by atoms with Crippen LogP contribution < -0.4 is 9.46 Å². The monoisotopic (exact) mass is 387 g/mol. The van der Waals surface area contributed by atoms with Crippen molar-refractivity contribution in [3.63, 3.8) is 0 Å². The van der Waals surface area contributed by atoms with Crippen LogP contribution in [0, 0.1) is 13.8 Å². The Bertz CT molecular complexity index is 935. The molecule has 3 rings (SSSR count). The van der Waals surface area contributed by atoms with Gasteiger partial charge in [-0.1, -0.05) is 25.1 Å². The van der Waals surface area contributed by atoms with E-state index in [0.29, 0.717) is 17.1 Å². The Morgan fingerprint density at radius 3 is 2.41 bits per heavy atom. The molecule has 0 saturated carbocycles. The first-order chi connectivity index (χ1) is 12.9. The number of aryl methyl sites for hydroxylation is 2. The zero-order valence-electron chi connectivity index (χ0n) is 16.6. The van der Waals surface area contributed by atoms with Crippen LogP contribution in [0.15, 0.2) is 35.2 Å². The molecule has 1 N–H and O–H groups in total. The van der Waals surface area contributed by atoms with Crippen LogP contribution in [-0.2, 0) is 22.9 Å². The zero-order chi connectivity index (χ0) is 19.6. The number of ether oxygens (including phenoxy) is 1. The molecule has 2 aromatic carbocycles. The van der Waals surface area contributed by atoms with E-state index in [4.69, 9.17) is 4.74 Å². The van der Waals surface area contributed by atoms with Crippen molar-refractivity contribution in [3.8, 4) is 5.75 Å². The summed E-state index contributed by atoms with van der Waals surface area (Å²) in [4.78, 5) is 0.317. The predicted molar refractivity (Wildman–Crippen MR) is 109 cm³/mol. The number of hydrogen-bond donors (Lipinski definition) is 1. The highest BCUT2D eigenvalue weighted by Crippen LogP contribution is 2.30. The van der Waals surface area contributed by atoms with Crippen LogP contribution in [0.4, 0.5) is 0 Å². The van der Waals surface area contributed by atoms with Crippen LogP contribution in [0.5, 0.6) is 5.75 Å². The zero-order valence-corrected chi connectivity index (χ0v) is 17.4. The summed E-state index contributed by atoms with van der Waals surface area (Å²) in [5.41, 5.74) is 5.39. The molecule has 0 unspecified atom stereocenters. The van der Waals surface area contributed by atoms with Crippen LogP contribution in [0.2, 0.25) is 0 Å². The van der Waals surface area contributed by atoms with E-state index < -0.39 is 10.0 Å². The number of fused-ring (bicyclic) bond motifs is 1. The van der Waals surface area contributed by atoms with Crippen molar-refractivity contribution in [3.05, 3.63) is 58.1 Å². The second-order valence-electron chi connectivity index (χ2n) is 7.33. The molecule has 27 heavy (non-hydrogen) atoms. The quantitative estimate of drug-likeness (QED) is 0.787. The van der Waals surface area contributed by atoms with Crippen molar-refractivity contribution in [1.29, 1.82) is 0 Å². The molecule has 4 nitrogen and oxygen atoms in total. The van der Waals surface area contributed by atoms with Crippen LogP contribution in [0.1, 0.15) is 60.0 Å². The van der Waals surface area contributed by atoms with Crippen molar-refractivity contribution >= 4 is 10.0 Å². The number of rotatable bonds is 6. The smallest absolute Gasteiger partial charge is 0.241 e. The van der Waals surface area contributed by atoms with Gasteiger partial charge in [-0.2, -0.15) is 0 Å². The molecule has 0 amide bonds. The van der Waals surface area contributed by atoms with Gasteiger partial charge in [0.15, 0.2) is 0 Å². The molecule has 2 aromatic rings. The van der Waals surface area contributed by atoms with E-state index in [9.17, 15) is 8.42 Å². The molecule has 146 valence electrons. The minimum absolute atomic E-state index is 0.232. The molecule has 0 radical (unpaired) electrons. The third-order valence-electron chi connectivity index (χ3n) is 5.68. The second-order valence-corrected chi connectivity index (χ2v) is 9.02. The molecule has 0 fully saturated rings. The van der Waals surface area contributed by atoms with Gasteiger partial charge >= 0.3 is 0 Å². The van der Waals surface area contributed by atoms with Crippen LogP contribution in [-0.4, -0.2) is 15.5 Å². The van der Waals surface area contributed by atoms with Crippen molar-refractivity contribution in [1.82, 2.24) is 4.72 Å². The Morgan fingerprint density at radius 2 is 1.74 bits per heavy atom. The Balaban J connectivity index is 1.91. The maximum atomic E-state index is 13.1. The fourth-order valence-corrected chi connectivity index (χ4v) is 5.50. The Morgan fingerprint density at radius 1 is 1.04 bits per heavy atom. The summed E-state index contributed by atoms with van der Waals surface area (Å²) in [5.74, 6) is 0.702. The summed E-state index contributed by atoms with van der Waals surface area (Å²) >= 11 is 0. The van der Waals surface area contributed by atoms with E-state index >= 15 is 0 Å². The lowest BCUT2D eigenvalue weighted by Gasteiger charge is -2.22. The van der Waals surface area contributed by atoms with E-state index in [1.54, 1.807) is 19.2 Å². The highest BCUT2D eigenvalue weighted by Gasteiger charge is 2.24. The number of benzene rings is 2. The van der Waals surface area contributed by atoms with Gasteiger partial charge in [-0.15, -0.1) is 0 Å². The minimum atomic E-state index is -3.62. The van der Waals surface area contributed by atoms with E-state index in [1.807, 2.05) is 20.8 Å². The third-order valence-corrected chi connectivity index (χ3v) is 7.29. The second kappa shape index (κ2) is 8.03. The first kappa shape index (κ1) is 19.9. The fourth-order valence-electron chi connectivity index (χ4n) is 3.89. The summed E-state index contributed by atoms with van der Waals surface area (Å²) in [7, 11) is -2.03. The van der Waals surface area contributed by atoms with Gasteiger partial charge in [0.05, 0.1) is 12.0 Å².